The van der Waals surface area contributed by atoms with Crippen LogP contribution in [0.3, 0.4) is 0 Å². The molecule has 1 aliphatic heterocycles. The molecule has 3 rings (SSSR count). The van der Waals surface area contributed by atoms with E-state index < -0.39 is 0 Å². The average Bonchev–Trinajstić information content (AvgIpc) is 2.62. The van der Waals surface area contributed by atoms with Crippen molar-refractivity contribution in [3.63, 3.8) is 0 Å². The summed E-state index contributed by atoms with van der Waals surface area (Å²) in [6, 6.07) is 8.29. The summed E-state index contributed by atoms with van der Waals surface area (Å²) < 4.78 is 0. The second-order valence-corrected chi connectivity index (χ2v) is 6.96. The summed E-state index contributed by atoms with van der Waals surface area (Å²) >= 11 is 0. The first-order valence-corrected chi connectivity index (χ1v) is 9.17. The fraction of sp³-hybridized carbons (Fsp3) is 0.632. The van der Waals surface area contributed by atoms with E-state index in [1.165, 1.54) is 32.1 Å². The second-order valence-electron chi connectivity index (χ2n) is 6.96. The Bertz CT molecular complexity index is 505. The third kappa shape index (κ3) is 4.96. The van der Waals surface area contributed by atoms with Gasteiger partial charge in [0.25, 0.3) is 5.91 Å². The van der Waals surface area contributed by atoms with Crippen LogP contribution in [0.1, 0.15) is 55.3 Å². The molecule has 0 unspecified atom stereocenters. The highest BCUT2D eigenvalue weighted by Gasteiger charge is 2.17. The van der Waals surface area contributed by atoms with Crippen LogP contribution in [0.4, 0.5) is 5.69 Å². The molecule has 2 fully saturated rings. The topological polar surface area (TPSA) is 53.2 Å². The Hall–Kier alpha value is -1.55. The molecule has 23 heavy (non-hydrogen) atoms. The highest BCUT2D eigenvalue weighted by Crippen LogP contribution is 2.19. The second kappa shape index (κ2) is 8.34. The van der Waals surface area contributed by atoms with Gasteiger partial charge in [-0.3, -0.25) is 4.79 Å². The summed E-state index contributed by atoms with van der Waals surface area (Å²) in [5, 5.41) is 10.1. The number of amides is 1. The summed E-state index contributed by atoms with van der Waals surface area (Å²) in [6.07, 6.45) is 8.50. The summed E-state index contributed by atoms with van der Waals surface area (Å²) in [7, 11) is 0. The number of piperidine rings is 1. The van der Waals surface area contributed by atoms with Crippen molar-refractivity contribution in [2.75, 3.05) is 25.0 Å². The zero-order valence-electron chi connectivity index (χ0n) is 13.9. The third-order valence-corrected chi connectivity index (χ3v) is 5.12. The smallest absolute Gasteiger partial charge is 0.251 e. The lowest BCUT2D eigenvalue weighted by Gasteiger charge is -2.24. The van der Waals surface area contributed by atoms with Crippen molar-refractivity contribution in [3.8, 4) is 0 Å². The molecule has 1 amide bonds. The molecule has 1 saturated carbocycles. The number of hydrogen-bond donors (Lipinski definition) is 3. The molecule has 1 aromatic rings. The first-order chi connectivity index (χ1) is 11.3. The summed E-state index contributed by atoms with van der Waals surface area (Å²) in [6.45, 7) is 3.24. The van der Waals surface area contributed by atoms with Crippen molar-refractivity contribution in [3.05, 3.63) is 29.8 Å². The van der Waals surface area contributed by atoms with E-state index >= 15 is 0 Å². The van der Waals surface area contributed by atoms with Crippen LogP contribution in [0.2, 0.25) is 0 Å². The SMILES string of the molecule is O=C(NC1CCCCC1)c1cccc(NCC2CCNCC2)c1. The van der Waals surface area contributed by atoms with Gasteiger partial charge >= 0.3 is 0 Å². The Kier molecular flexibility index (Phi) is 5.92. The van der Waals surface area contributed by atoms with Gasteiger partial charge in [-0.2, -0.15) is 0 Å². The molecule has 126 valence electrons. The zero-order valence-corrected chi connectivity index (χ0v) is 13.9. The zero-order chi connectivity index (χ0) is 15.9. The maximum Gasteiger partial charge on any atom is 0.251 e. The molecule has 4 heteroatoms. The van der Waals surface area contributed by atoms with E-state index in [9.17, 15) is 4.79 Å². The number of carbonyl (C=O) groups is 1. The monoisotopic (exact) mass is 315 g/mol. The third-order valence-electron chi connectivity index (χ3n) is 5.12. The minimum Gasteiger partial charge on any atom is -0.385 e. The van der Waals surface area contributed by atoms with Crippen LogP contribution in [0.15, 0.2) is 24.3 Å². The normalized spacial score (nSPS) is 20.2. The van der Waals surface area contributed by atoms with Gasteiger partial charge in [0.15, 0.2) is 0 Å². The highest BCUT2D eigenvalue weighted by atomic mass is 16.1. The minimum atomic E-state index is 0.0717. The van der Waals surface area contributed by atoms with Crippen molar-refractivity contribution in [2.24, 2.45) is 5.92 Å². The van der Waals surface area contributed by atoms with E-state index in [-0.39, 0.29) is 5.91 Å². The Morgan fingerprint density at radius 3 is 2.65 bits per heavy atom. The van der Waals surface area contributed by atoms with Crippen molar-refractivity contribution in [1.82, 2.24) is 10.6 Å². The maximum atomic E-state index is 12.4. The van der Waals surface area contributed by atoms with Crippen LogP contribution in [0.25, 0.3) is 0 Å². The lowest BCUT2D eigenvalue weighted by Crippen LogP contribution is -2.36. The molecule has 0 aromatic heterocycles. The van der Waals surface area contributed by atoms with Gasteiger partial charge in [-0.15, -0.1) is 0 Å². The highest BCUT2D eigenvalue weighted by molar-refractivity contribution is 5.95. The molecule has 1 heterocycles. The number of rotatable bonds is 5. The van der Waals surface area contributed by atoms with Gasteiger partial charge in [0.05, 0.1) is 0 Å². The van der Waals surface area contributed by atoms with Crippen LogP contribution >= 0.6 is 0 Å². The minimum absolute atomic E-state index is 0.0717. The molecule has 0 radical (unpaired) electrons. The van der Waals surface area contributed by atoms with E-state index in [4.69, 9.17) is 0 Å². The van der Waals surface area contributed by atoms with Gasteiger partial charge in [0.1, 0.15) is 0 Å². The fourth-order valence-corrected chi connectivity index (χ4v) is 3.63. The fourth-order valence-electron chi connectivity index (χ4n) is 3.63. The van der Waals surface area contributed by atoms with E-state index in [1.807, 2.05) is 18.2 Å². The maximum absolute atomic E-state index is 12.4. The summed E-state index contributed by atoms with van der Waals surface area (Å²) in [5.41, 5.74) is 1.82. The molecule has 1 aromatic carbocycles. The van der Waals surface area contributed by atoms with Crippen molar-refractivity contribution in [1.29, 1.82) is 0 Å². The van der Waals surface area contributed by atoms with Gasteiger partial charge < -0.3 is 16.0 Å². The molecule has 1 aliphatic carbocycles. The predicted octanol–water partition coefficient (Wildman–Crippen LogP) is 3.16. The molecule has 2 aliphatic rings. The van der Waals surface area contributed by atoms with E-state index in [0.29, 0.717) is 6.04 Å². The first-order valence-electron chi connectivity index (χ1n) is 9.17. The quantitative estimate of drug-likeness (QED) is 0.782. The number of nitrogens with one attached hydrogen (secondary N) is 3. The van der Waals surface area contributed by atoms with Crippen LogP contribution in [-0.2, 0) is 0 Å². The van der Waals surface area contributed by atoms with Crippen LogP contribution < -0.4 is 16.0 Å². The Labute approximate surface area is 139 Å². The summed E-state index contributed by atoms with van der Waals surface area (Å²) in [5.74, 6) is 0.804. The van der Waals surface area contributed by atoms with Gasteiger partial charge in [-0.1, -0.05) is 25.3 Å². The van der Waals surface area contributed by atoms with E-state index in [0.717, 1.165) is 49.6 Å². The van der Waals surface area contributed by atoms with Crippen LogP contribution in [0.5, 0.6) is 0 Å². The Balaban J connectivity index is 1.52. The number of hydrogen-bond acceptors (Lipinski definition) is 3. The molecule has 4 nitrogen and oxygen atoms in total. The molecule has 1 saturated heterocycles. The van der Waals surface area contributed by atoms with Crippen molar-refractivity contribution >= 4 is 11.6 Å². The number of anilines is 1. The largest absolute Gasteiger partial charge is 0.385 e. The van der Waals surface area contributed by atoms with Gasteiger partial charge in [-0.25, -0.2) is 0 Å². The Morgan fingerprint density at radius 1 is 1.09 bits per heavy atom. The molecule has 0 bridgehead atoms. The molecular formula is C19H29N3O. The number of carbonyl (C=O) groups excluding carboxylic acids is 1. The van der Waals surface area contributed by atoms with Gasteiger partial charge in [0.2, 0.25) is 0 Å². The summed E-state index contributed by atoms with van der Waals surface area (Å²) in [4.78, 5) is 12.4. The van der Waals surface area contributed by atoms with Crippen molar-refractivity contribution in [2.45, 2.75) is 51.0 Å². The molecule has 0 atom stereocenters. The van der Waals surface area contributed by atoms with E-state index in [2.05, 4.69) is 22.0 Å². The lowest BCUT2D eigenvalue weighted by molar-refractivity contribution is 0.0928. The Morgan fingerprint density at radius 2 is 1.87 bits per heavy atom. The van der Waals surface area contributed by atoms with Gasteiger partial charge in [0, 0.05) is 23.8 Å². The van der Waals surface area contributed by atoms with Gasteiger partial charge in [-0.05, 0) is 62.9 Å². The molecular weight excluding hydrogens is 286 g/mol. The molecule has 3 N–H and O–H groups in total. The van der Waals surface area contributed by atoms with Crippen LogP contribution in [-0.4, -0.2) is 31.6 Å². The van der Waals surface area contributed by atoms with Crippen molar-refractivity contribution < 1.29 is 4.79 Å². The standard InChI is InChI=1S/C19H29N3O/c23-19(22-17-6-2-1-3-7-17)16-5-4-8-18(13-16)21-14-15-9-11-20-12-10-15/h4-5,8,13,15,17,20-21H,1-3,6-7,9-12,14H2,(H,22,23). The average molecular weight is 315 g/mol. The predicted molar refractivity (Wildman–Crippen MR) is 94.9 cm³/mol. The van der Waals surface area contributed by atoms with E-state index in [1.54, 1.807) is 0 Å². The molecule has 0 spiro atoms. The number of benzene rings is 1. The van der Waals surface area contributed by atoms with Crippen LogP contribution in [0, 0.1) is 5.92 Å². The first kappa shape index (κ1) is 16.3. The lowest BCUT2D eigenvalue weighted by atomic mass is 9.95.